The third-order valence-electron chi connectivity index (χ3n) is 7.22. The molecule has 0 aliphatic rings. The molecule has 0 fully saturated rings. The van der Waals surface area contributed by atoms with E-state index < -0.39 is 0 Å². The number of hydrogen-bond acceptors (Lipinski definition) is 2. The van der Waals surface area contributed by atoms with Crippen molar-refractivity contribution in [1.29, 1.82) is 0 Å². The molecule has 0 aliphatic carbocycles. The quantitative estimate of drug-likeness (QED) is 0.154. The van der Waals surface area contributed by atoms with E-state index >= 15 is 0 Å². The van der Waals surface area contributed by atoms with Gasteiger partial charge in [-0.2, -0.15) is 0 Å². The predicted molar refractivity (Wildman–Crippen MR) is 209 cm³/mol. The van der Waals surface area contributed by atoms with Gasteiger partial charge >= 0.3 is 0 Å². The number of thiophene rings is 2. The number of rotatable bonds is 1. The largest absolute Gasteiger partial charge is 0.124 e. The average Bonchev–Trinajstić information content (AvgIpc) is 3.78. The summed E-state index contributed by atoms with van der Waals surface area (Å²) in [6, 6.07) is 34.5. The first-order valence-electron chi connectivity index (χ1n) is 15.2. The molecular weight excluding hydrogens is 641 g/mol. The molecule has 2 heterocycles. The summed E-state index contributed by atoms with van der Waals surface area (Å²) in [5.41, 5.74) is 8.35. The summed E-state index contributed by atoms with van der Waals surface area (Å²) in [6.45, 7) is 0. The highest BCUT2D eigenvalue weighted by atomic mass is 32.1. The maximum absolute atomic E-state index is 5.55. The second kappa shape index (κ2) is 15.6. The van der Waals surface area contributed by atoms with Gasteiger partial charge in [-0.05, 0) is 109 Å². The van der Waals surface area contributed by atoms with E-state index in [1.807, 2.05) is 109 Å². The number of terminal acetylenes is 4. The fourth-order valence-corrected chi connectivity index (χ4v) is 6.67. The molecule has 0 atom stereocenters. The fraction of sp³-hybridized carbons (Fsp3) is 0. The van der Waals surface area contributed by atoms with Crippen molar-refractivity contribution in [1.82, 2.24) is 0 Å². The van der Waals surface area contributed by atoms with Crippen LogP contribution in [0.25, 0.3) is 9.75 Å². The summed E-state index contributed by atoms with van der Waals surface area (Å²) in [5.74, 6) is 37.2. The minimum absolute atomic E-state index is 0.802. The van der Waals surface area contributed by atoms with E-state index in [2.05, 4.69) is 71.0 Å². The van der Waals surface area contributed by atoms with Gasteiger partial charge in [-0.25, -0.2) is 0 Å². The van der Waals surface area contributed by atoms with Crippen molar-refractivity contribution in [2.24, 2.45) is 0 Å². The molecule has 0 radical (unpaired) electrons. The molecule has 0 amide bonds. The van der Waals surface area contributed by atoms with Gasteiger partial charge in [0.15, 0.2) is 0 Å². The predicted octanol–water partition coefficient (Wildman–Crippen LogP) is 9.00. The molecule has 0 aliphatic heterocycles. The van der Waals surface area contributed by atoms with Crippen LogP contribution in [0, 0.1) is 96.7 Å². The summed E-state index contributed by atoms with van der Waals surface area (Å²) >= 11 is 3.14. The molecule has 6 rings (SSSR count). The third-order valence-corrected chi connectivity index (χ3v) is 9.48. The Balaban J connectivity index is 1.47. The van der Waals surface area contributed by atoms with Gasteiger partial charge in [0.25, 0.3) is 0 Å². The fourth-order valence-electron chi connectivity index (χ4n) is 4.57. The van der Waals surface area contributed by atoms with E-state index in [4.69, 9.17) is 25.7 Å². The topological polar surface area (TPSA) is 0 Å². The van der Waals surface area contributed by atoms with E-state index in [1.165, 1.54) is 0 Å². The SMILES string of the molecule is C#Cc1ccc(C#Cc2cc(C#Cc3ccc(C#C)cc3)c(-c3sc(C#Cc4ccc(C#C)cc4)cc3C#Cc3ccc(C#C)cc3)s2)cc1. The lowest BCUT2D eigenvalue weighted by atomic mass is 10.1. The Morgan fingerprint density at radius 1 is 0.300 bits per heavy atom. The second-order valence-corrected chi connectivity index (χ2v) is 12.7. The minimum Gasteiger partial charge on any atom is -0.124 e. The van der Waals surface area contributed by atoms with Crippen LogP contribution in [0.4, 0.5) is 0 Å². The minimum atomic E-state index is 0.802. The highest BCUT2D eigenvalue weighted by molar-refractivity contribution is 7.23. The second-order valence-electron chi connectivity index (χ2n) is 10.6. The van der Waals surface area contributed by atoms with Crippen LogP contribution < -0.4 is 0 Å². The highest BCUT2D eigenvalue weighted by Crippen LogP contribution is 2.39. The number of benzene rings is 4. The van der Waals surface area contributed by atoms with Gasteiger partial charge in [0, 0.05) is 55.6 Å². The van der Waals surface area contributed by atoms with Crippen molar-refractivity contribution >= 4 is 22.7 Å². The van der Waals surface area contributed by atoms with Crippen LogP contribution in [-0.4, -0.2) is 0 Å². The highest BCUT2D eigenvalue weighted by Gasteiger charge is 2.16. The number of hydrogen-bond donors (Lipinski definition) is 0. The monoisotopic (exact) mass is 662 g/mol. The average molecular weight is 663 g/mol. The first-order valence-corrected chi connectivity index (χ1v) is 16.8. The van der Waals surface area contributed by atoms with Gasteiger partial charge in [0.1, 0.15) is 0 Å². The lowest BCUT2D eigenvalue weighted by Crippen LogP contribution is -1.80. The van der Waals surface area contributed by atoms with Gasteiger partial charge in [0.05, 0.1) is 19.5 Å². The van der Waals surface area contributed by atoms with E-state index in [1.54, 1.807) is 22.7 Å². The molecule has 0 N–H and O–H groups in total. The van der Waals surface area contributed by atoms with Crippen molar-refractivity contribution in [2.75, 3.05) is 0 Å². The van der Waals surface area contributed by atoms with Crippen molar-refractivity contribution in [3.8, 4) is 106 Å². The van der Waals surface area contributed by atoms with Gasteiger partial charge in [-0.3, -0.25) is 0 Å². The first kappa shape index (κ1) is 32.7. The Hall–Kier alpha value is -7.24. The maximum atomic E-state index is 5.55. The van der Waals surface area contributed by atoms with Crippen molar-refractivity contribution in [3.05, 3.63) is 175 Å². The van der Waals surface area contributed by atoms with E-state index in [-0.39, 0.29) is 0 Å². The molecule has 0 saturated carbocycles. The van der Waals surface area contributed by atoms with Crippen molar-refractivity contribution < 1.29 is 0 Å². The van der Waals surface area contributed by atoms with Crippen LogP contribution in [0.1, 0.15) is 65.4 Å². The van der Waals surface area contributed by atoms with Crippen LogP contribution in [0.5, 0.6) is 0 Å². The van der Waals surface area contributed by atoms with Crippen molar-refractivity contribution in [2.45, 2.75) is 0 Å². The van der Waals surface area contributed by atoms with Crippen LogP contribution in [0.3, 0.4) is 0 Å². The zero-order valence-electron chi connectivity index (χ0n) is 26.5. The van der Waals surface area contributed by atoms with Gasteiger partial charge < -0.3 is 0 Å². The van der Waals surface area contributed by atoms with Gasteiger partial charge in [-0.1, -0.05) is 71.0 Å². The van der Waals surface area contributed by atoms with Crippen LogP contribution in [0.15, 0.2) is 109 Å². The Bertz CT molecular complexity index is 2460. The molecule has 0 unspecified atom stereocenters. The third kappa shape index (κ3) is 8.18. The standard InChI is InChI=1S/C48H22S2/c1-5-35-9-17-39(18-10-35)25-29-43-33-45(31-27-41-21-13-37(7-3)14-22-41)49-47(43)48-44(30-26-40-19-11-36(6-2)12-20-40)34-46(50-48)32-28-42-23-15-38(8-4)16-24-42/h1-4,9-24,33-34H. The van der Waals surface area contributed by atoms with Gasteiger partial charge in [0.2, 0.25) is 0 Å². The normalized spacial score (nSPS) is 9.28. The first-order chi connectivity index (χ1) is 24.5. The molecule has 2 heteroatoms. The molecule has 0 saturated heterocycles. The molecular formula is C48H22S2. The Morgan fingerprint density at radius 3 is 0.800 bits per heavy atom. The summed E-state index contributed by atoms with van der Waals surface area (Å²) in [5, 5.41) is 0. The van der Waals surface area contributed by atoms with Crippen LogP contribution in [0.2, 0.25) is 0 Å². The Labute approximate surface area is 302 Å². The maximum Gasteiger partial charge on any atom is 0.0792 e. The van der Waals surface area contributed by atoms with Crippen LogP contribution >= 0.6 is 22.7 Å². The van der Waals surface area contributed by atoms with Gasteiger partial charge in [-0.15, -0.1) is 48.4 Å². The zero-order valence-corrected chi connectivity index (χ0v) is 28.2. The lowest BCUT2D eigenvalue weighted by molar-refractivity contribution is 1.60. The molecule has 4 aromatic carbocycles. The zero-order chi connectivity index (χ0) is 34.7. The lowest BCUT2D eigenvalue weighted by Gasteiger charge is -1.97. The van der Waals surface area contributed by atoms with E-state index in [9.17, 15) is 0 Å². The van der Waals surface area contributed by atoms with E-state index in [0.29, 0.717) is 0 Å². The van der Waals surface area contributed by atoms with Crippen molar-refractivity contribution in [3.63, 3.8) is 0 Å². The van der Waals surface area contributed by atoms with E-state index in [0.717, 1.165) is 75.1 Å². The molecule has 0 spiro atoms. The molecule has 0 nitrogen and oxygen atoms in total. The smallest absolute Gasteiger partial charge is 0.0792 e. The Kier molecular flexibility index (Phi) is 10.2. The molecule has 50 heavy (non-hydrogen) atoms. The van der Waals surface area contributed by atoms with Crippen LogP contribution in [-0.2, 0) is 0 Å². The summed E-state index contributed by atoms with van der Waals surface area (Å²) in [7, 11) is 0. The Morgan fingerprint density at radius 2 is 0.540 bits per heavy atom. The molecule has 0 bridgehead atoms. The molecule has 226 valence electrons. The summed E-state index contributed by atoms with van der Waals surface area (Å²) < 4.78 is 0. The molecule has 2 aromatic heterocycles. The molecule has 6 aromatic rings. The summed E-state index contributed by atoms with van der Waals surface area (Å²) in [6.07, 6.45) is 22.2. The summed E-state index contributed by atoms with van der Waals surface area (Å²) in [4.78, 5) is 3.67.